The molecule has 2 nitrogen and oxygen atoms in total. The van der Waals surface area contributed by atoms with Crippen LogP contribution in [0.15, 0.2) is 0 Å². The summed E-state index contributed by atoms with van der Waals surface area (Å²) < 4.78 is 77.8. The van der Waals surface area contributed by atoms with Crippen LogP contribution in [0.1, 0.15) is 27.7 Å². The molecule has 1 unspecified atom stereocenters. The molecule has 0 saturated heterocycles. The first-order valence-corrected chi connectivity index (χ1v) is 5.78. The Morgan fingerprint density at radius 3 is 1.63 bits per heavy atom. The van der Waals surface area contributed by atoms with Gasteiger partial charge in [-0.25, -0.2) is 0 Å². The van der Waals surface area contributed by atoms with E-state index >= 15 is 0 Å². The van der Waals surface area contributed by atoms with E-state index in [1.54, 1.807) is 27.7 Å². The van der Waals surface area contributed by atoms with Crippen molar-refractivity contribution >= 4 is 0 Å². The van der Waals surface area contributed by atoms with Crippen LogP contribution in [0.3, 0.4) is 0 Å². The molecular weight excluding hydrogens is 276 g/mol. The number of ether oxygens (including phenoxy) is 1. The predicted octanol–water partition coefficient (Wildman–Crippen LogP) is 3.52. The van der Waals surface area contributed by atoms with E-state index in [1.807, 2.05) is 0 Å². The first-order valence-electron chi connectivity index (χ1n) is 5.78. The molecule has 0 saturated carbocycles. The maximum atomic E-state index is 12.3. The molecule has 8 heteroatoms. The van der Waals surface area contributed by atoms with Crippen molar-refractivity contribution in [1.29, 1.82) is 0 Å². The average Bonchev–Trinajstić information content (AvgIpc) is 2.10. The van der Waals surface area contributed by atoms with Crippen molar-refractivity contribution in [2.24, 2.45) is 5.41 Å². The van der Waals surface area contributed by atoms with Crippen molar-refractivity contribution in [3.63, 3.8) is 0 Å². The normalized spacial score (nSPS) is 15.9. The second kappa shape index (κ2) is 6.30. The first-order chi connectivity index (χ1) is 8.30. The van der Waals surface area contributed by atoms with Gasteiger partial charge in [-0.15, -0.1) is 0 Å². The monoisotopic (exact) mass is 295 g/mol. The summed E-state index contributed by atoms with van der Waals surface area (Å²) in [7, 11) is 0. The van der Waals surface area contributed by atoms with Gasteiger partial charge in [-0.2, -0.15) is 26.3 Å². The van der Waals surface area contributed by atoms with Gasteiger partial charge in [0.25, 0.3) is 0 Å². The average molecular weight is 295 g/mol. The Kier molecular flexibility index (Phi) is 6.13. The van der Waals surface area contributed by atoms with Crippen LogP contribution >= 0.6 is 0 Å². The number of hydrogen-bond donors (Lipinski definition) is 1. The van der Waals surface area contributed by atoms with Gasteiger partial charge < -0.3 is 10.1 Å². The molecule has 0 bridgehead atoms. The second-order valence-electron chi connectivity index (χ2n) is 5.27. The van der Waals surface area contributed by atoms with Gasteiger partial charge in [0.15, 0.2) is 0 Å². The van der Waals surface area contributed by atoms with E-state index in [-0.39, 0.29) is 0 Å². The molecule has 0 amide bonds. The summed E-state index contributed by atoms with van der Waals surface area (Å²) in [6.45, 7) is 6.60. The van der Waals surface area contributed by atoms with E-state index in [4.69, 9.17) is 0 Å². The highest BCUT2D eigenvalue weighted by Crippen LogP contribution is 2.36. The number of rotatable bonds is 5. The SMILES string of the molecule is CCNC(COC(C(F)(F)F)C(F)(F)F)C(C)(C)C. The van der Waals surface area contributed by atoms with E-state index in [9.17, 15) is 26.3 Å². The number of nitrogens with one attached hydrogen (secondary N) is 1. The van der Waals surface area contributed by atoms with E-state index in [1.165, 1.54) is 0 Å². The molecule has 0 spiro atoms. The fourth-order valence-corrected chi connectivity index (χ4v) is 1.43. The van der Waals surface area contributed by atoms with Crippen molar-refractivity contribution in [3.8, 4) is 0 Å². The van der Waals surface area contributed by atoms with E-state index in [0.717, 1.165) is 0 Å². The van der Waals surface area contributed by atoms with Crippen molar-refractivity contribution in [2.75, 3.05) is 13.2 Å². The third-order valence-electron chi connectivity index (χ3n) is 2.52. The van der Waals surface area contributed by atoms with E-state index in [0.29, 0.717) is 6.54 Å². The minimum Gasteiger partial charge on any atom is -0.359 e. The summed E-state index contributed by atoms with van der Waals surface area (Å²) >= 11 is 0. The maximum absolute atomic E-state index is 12.3. The number of halogens is 6. The zero-order valence-electron chi connectivity index (χ0n) is 11.2. The molecule has 0 aromatic rings. The summed E-state index contributed by atoms with van der Waals surface area (Å²) in [5.74, 6) is 0. The van der Waals surface area contributed by atoms with Crippen LogP contribution in [0.2, 0.25) is 0 Å². The number of likely N-dealkylation sites (N-methyl/N-ethyl adjacent to an activating group) is 1. The van der Waals surface area contributed by atoms with Crippen molar-refractivity contribution in [1.82, 2.24) is 5.32 Å². The predicted molar refractivity (Wildman–Crippen MR) is 58.8 cm³/mol. The fourth-order valence-electron chi connectivity index (χ4n) is 1.43. The van der Waals surface area contributed by atoms with E-state index < -0.39 is 36.5 Å². The number of alkyl halides is 6. The van der Waals surface area contributed by atoms with Crippen LogP contribution in [-0.4, -0.2) is 37.7 Å². The van der Waals surface area contributed by atoms with Crippen LogP contribution in [0.4, 0.5) is 26.3 Å². The van der Waals surface area contributed by atoms with Gasteiger partial charge in [0, 0.05) is 6.04 Å². The first kappa shape index (κ1) is 18.5. The molecule has 0 aliphatic carbocycles. The lowest BCUT2D eigenvalue weighted by atomic mass is 9.87. The molecule has 116 valence electrons. The van der Waals surface area contributed by atoms with Crippen molar-refractivity contribution in [3.05, 3.63) is 0 Å². The minimum atomic E-state index is -5.47. The molecule has 0 fully saturated rings. The fraction of sp³-hybridized carbons (Fsp3) is 1.00. The lowest BCUT2D eigenvalue weighted by Gasteiger charge is -2.33. The van der Waals surface area contributed by atoms with Gasteiger partial charge in [-0.1, -0.05) is 27.7 Å². The Hall–Kier alpha value is -0.500. The van der Waals surface area contributed by atoms with Gasteiger partial charge >= 0.3 is 12.4 Å². The molecule has 0 radical (unpaired) electrons. The smallest absolute Gasteiger partial charge is 0.359 e. The standard InChI is InChI=1S/C11H19F6NO/c1-5-18-7(9(2,3)4)6-19-8(10(12,13)14)11(15,16)17/h7-8,18H,5-6H2,1-4H3. The quantitative estimate of drug-likeness (QED) is 0.784. The molecule has 0 aromatic carbocycles. The summed E-state index contributed by atoms with van der Waals surface area (Å²) in [5.41, 5.74) is -0.516. The molecule has 0 heterocycles. The van der Waals surface area contributed by atoms with Gasteiger partial charge in [0.1, 0.15) is 0 Å². The largest absolute Gasteiger partial charge is 0.423 e. The lowest BCUT2D eigenvalue weighted by molar-refractivity contribution is -0.323. The maximum Gasteiger partial charge on any atom is 0.423 e. The third kappa shape index (κ3) is 6.47. The molecule has 19 heavy (non-hydrogen) atoms. The van der Waals surface area contributed by atoms with Crippen LogP contribution in [0.5, 0.6) is 0 Å². The Morgan fingerprint density at radius 1 is 0.947 bits per heavy atom. The Morgan fingerprint density at radius 2 is 1.37 bits per heavy atom. The van der Waals surface area contributed by atoms with Gasteiger partial charge in [0.2, 0.25) is 6.10 Å². The molecule has 1 atom stereocenters. The highest BCUT2D eigenvalue weighted by Gasteiger charge is 2.58. The second-order valence-corrected chi connectivity index (χ2v) is 5.27. The molecule has 0 aromatic heterocycles. The molecule has 0 aliphatic rings. The summed E-state index contributed by atoms with van der Waals surface area (Å²) in [6.07, 6.45) is -14.7. The molecule has 1 N–H and O–H groups in total. The minimum absolute atomic E-state index is 0.425. The lowest BCUT2D eigenvalue weighted by Crippen LogP contribution is -2.49. The van der Waals surface area contributed by atoms with Crippen LogP contribution in [0, 0.1) is 5.41 Å². The number of hydrogen-bond acceptors (Lipinski definition) is 2. The van der Waals surface area contributed by atoms with Gasteiger partial charge in [-0.05, 0) is 12.0 Å². The highest BCUT2D eigenvalue weighted by molar-refractivity contribution is 4.82. The summed E-state index contributed by atoms with van der Waals surface area (Å²) in [6, 6.07) is -0.607. The van der Waals surface area contributed by atoms with Gasteiger partial charge in [0.05, 0.1) is 6.61 Å². The highest BCUT2D eigenvalue weighted by atomic mass is 19.4. The van der Waals surface area contributed by atoms with Gasteiger partial charge in [-0.3, -0.25) is 0 Å². The summed E-state index contributed by atoms with van der Waals surface area (Å²) in [5, 5.41) is 2.82. The molecule has 0 aliphatic heterocycles. The zero-order valence-corrected chi connectivity index (χ0v) is 11.2. The van der Waals surface area contributed by atoms with Crippen molar-refractivity contribution < 1.29 is 31.1 Å². The zero-order chi connectivity index (χ0) is 15.5. The van der Waals surface area contributed by atoms with Crippen LogP contribution < -0.4 is 5.32 Å². The van der Waals surface area contributed by atoms with Crippen LogP contribution in [0.25, 0.3) is 0 Å². The summed E-state index contributed by atoms with van der Waals surface area (Å²) in [4.78, 5) is 0. The molecule has 0 rings (SSSR count). The van der Waals surface area contributed by atoms with Crippen LogP contribution in [-0.2, 0) is 4.74 Å². The topological polar surface area (TPSA) is 21.3 Å². The Labute approximate surface area is 108 Å². The molecular formula is C11H19F6NO. The Bertz CT molecular complexity index is 254. The Balaban J connectivity index is 4.80. The van der Waals surface area contributed by atoms with Crippen molar-refractivity contribution in [2.45, 2.75) is 52.2 Å². The van der Waals surface area contributed by atoms with E-state index in [2.05, 4.69) is 10.1 Å². The third-order valence-corrected chi connectivity index (χ3v) is 2.52.